The number of aliphatic imine (C=N–C) groups is 1. The highest BCUT2D eigenvalue weighted by molar-refractivity contribution is 9.10. The normalized spacial score (nSPS) is 17.0. The van der Waals surface area contributed by atoms with Gasteiger partial charge in [-0.05, 0) is 60.2 Å². The summed E-state index contributed by atoms with van der Waals surface area (Å²) in [4.78, 5) is 17.2. The molecule has 1 saturated heterocycles. The lowest BCUT2D eigenvalue weighted by Crippen LogP contribution is -2.19. The van der Waals surface area contributed by atoms with Crippen LogP contribution in [0.3, 0.4) is 0 Å². The fraction of sp³-hybridized carbons (Fsp3) is 0.111. The van der Waals surface area contributed by atoms with Gasteiger partial charge in [0.25, 0.3) is 5.91 Å². The van der Waals surface area contributed by atoms with Crippen molar-refractivity contribution in [3.63, 3.8) is 0 Å². The van der Waals surface area contributed by atoms with Crippen molar-refractivity contribution in [2.24, 2.45) is 4.99 Å². The molecule has 1 fully saturated rings. The molecule has 0 saturated carbocycles. The van der Waals surface area contributed by atoms with Gasteiger partial charge in [0.05, 0.1) is 17.7 Å². The van der Waals surface area contributed by atoms with Crippen molar-refractivity contribution in [1.82, 2.24) is 5.32 Å². The molecule has 0 radical (unpaired) electrons. The molecule has 1 aliphatic rings. The molecule has 134 valence electrons. The van der Waals surface area contributed by atoms with Crippen LogP contribution in [0.25, 0.3) is 6.08 Å². The van der Waals surface area contributed by atoms with E-state index >= 15 is 0 Å². The van der Waals surface area contributed by atoms with Gasteiger partial charge in [0.15, 0.2) is 16.7 Å². The van der Waals surface area contributed by atoms with Crippen LogP contribution >= 0.6 is 39.3 Å². The molecular formula is C18H14BrClN2O3S. The van der Waals surface area contributed by atoms with Crippen LogP contribution in [-0.2, 0) is 4.79 Å². The number of hydrogen-bond acceptors (Lipinski definition) is 5. The largest absolute Gasteiger partial charge is 0.504 e. The molecule has 1 amide bonds. The molecule has 0 spiro atoms. The van der Waals surface area contributed by atoms with E-state index in [1.807, 2.05) is 19.1 Å². The molecule has 5 nitrogen and oxygen atoms in total. The highest BCUT2D eigenvalue weighted by Gasteiger charge is 2.24. The van der Waals surface area contributed by atoms with E-state index in [0.29, 0.717) is 36.6 Å². The van der Waals surface area contributed by atoms with Gasteiger partial charge in [0, 0.05) is 9.50 Å². The maximum atomic E-state index is 12.3. The predicted octanol–water partition coefficient (Wildman–Crippen LogP) is 5.02. The second-order valence-corrected chi connectivity index (χ2v) is 7.70. The van der Waals surface area contributed by atoms with Crippen LogP contribution in [0.2, 0.25) is 5.02 Å². The quantitative estimate of drug-likeness (QED) is 0.640. The van der Waals surface area contributed by atoms with Gasteiger partial charge in [-0.2, -0.15) is 0 Å². The van der Waals surface area contributed by atoms with Crippen molar-refractivity contribution in [1.29, 1.82) is 0 Å². The van der Waals surface area contributed by atoms with Gasteiger partial charge in [0.1, 0.15) is 0 Å². The molecule has 26 heavy (non-hydrogen) atoms. The maximum absolute atomic E-state index is 12.3. The second kappa shape index (κ2) is 7.73. The van der Waals surface area contributed by atoms with Gasteiger partial charge < -0.3 is 15.2 Å². The Hall–Kier alpha value is -1.96. The van der Waals surface area contributed by atoms with E-state index in [1.54, 1.807) is 18.2 Å². The number of benzene rings is 2. The Morgan fingerprint density at radius 3 is 2.88 bits per heavy atom. The fourth-order valence-electron chi connectivity index (χ4n) is 2.28. The number of nitrogens with one attached hydrogen (secondary N) is 1. The highest BCUT2D eigenvalue weighted by atomic mass is 79.9. The summed E-state index contributed by atoms with van der Waals surface area (Å²) in [6, 6.07) is 8.61. The predicted molar refractivity (Wildman–Crippen MR) is 109 cm³/mol. The third-order valence-electron chi connectivity index (χ3n) is 3.70. The molecular weight excluding hydrogens is 440 g/mol. The molecule has 2 aromatic carbocycles. The van der Waals surface area contributed by atoms with Gasteiger partial charge in [0.2, 0.25) is 0 Å². The summed E-state index contributed by atoms with van der Waals surface area (Å²) in [6.45, 7) is 1.87. The molecule has 3 rings (SSSR count). The molecule has 0 atom stereocenters. The third kappa shape index (κ3) is 3.90. The number of amides is 1. The monoisotopic (exact) mass is 452 g/mol. The second-order valence-electron chi connectivity index (χ2n) is 5.41. The summed E-state index contributed by atoms with van der Waals surface area (Å²) in [6.07, 6.45) is 1.71. The zero-order valence-electron chi connectivity index (χ0n) is 13.8. The summed E-state index contributed by atoms with van der Waals surface area (Å²) < 4.78 is 5.76. The maximum Gasteiger partial charge on any atom is 0.264 e. The van der Waals surface area contributed by atoms with Crippen LogP contribution in [0.15, 0.2) is 44.7 Å². The van der Waals surface area contributed by atoms with Crippen molar-refractivity contribution in [3.05, 3.63) is 55.9 Å². The van der Waals surface area contributed by atoms with E-state index in [2.05, 4.69) is 26.2 Å². The zero-order chi connectivity index (χ0) is 18.8. The summed E-state index contributed by atoms with van der Waals surface area (Å²) in [5.41, 5.74) is 2.26. The minimum atomic E-state index is -0.243. The van der Waals surface area contributed by atoms with Gasteiger partial charge in [-0.1, -0.05) is 33.6 Å². The van der Waals surface area contributed by atoms with Gasteiger partial charge in [-0.15, -0.1) is 0 Å². The Balaban J connectivity index is 1.92. The number of carbonyl (C=O) groups excluding carboxylic acids is 1. The van der Waals surface area contributed by atoms with Crippen molar-refractivity contribution in [3.8, 4) is 11.5 Å². The van der Waals surface area contributed by atoms with E-state index < -0.39 is 0 Å². The number of nitrogens with zero attached hydrogens (tertiary/aromatic N) is 1. The van der Waals surface area contributed by atoms with E-state index in [-0.39, 0.29) is 11.7 Å². The minimum Gasteiger partial charge on any atom is -0.504 e. The Bertz CT molecular complexity index is 960. The molecule has 0 unspecified atom stereocenters. The Kier molecular flexibility index (Phi) is 5.60. The first-order valence-corrected chi connectivity index (χ1v) is 9.49. The number of amidine groups is 1. The minimum absolute atomic E-state index is 0.0173. The summed E-state index contributed by atoms with van der Waals surface area (Å²) >= 11 is 10.7. The summed E-state index contributed by atoms with van der Waals surface area (Å²) in [5, 5.41) is 13.6. The van der Waals surface area contributed by atoms with Gasteiger partial charge in [-0.3, -0.25) is 4.79 Å². The first-order chi connectivity index (χ1) is 12.4. The van der Waals surface area contributed by atoms with Crippen LogP contribution in [0, 0.1) is 6.92 Å². The molecule has 8 heteroatoms. The van der Waals surface area contributed by atoms with E-state index in [1.165, 1.54) is 24.9 Å². The number of phenols is 1. The molecule has 2 N–H and O–H groups in total. The smallest absolute Gasteiger partial charge is 0.264 e. The number of phenolic OH excluding ortho intramolecular Hbond substituents is 1. The zero-order valence-corrected chi connectivity index (χ0v) is 17.0. The number of ether oxygens (including phenoxy) is 1. The van der Waals surface area contributed by atoms with Crippen LogP contribution in [-0.4, -0.2) is 23.3 Å². The number of hydrogen-bond donors (Lipinski definition) is 2. The average molecular weight is 454 g/mol. The molecule has 1 heterocycles. The molecule has 0 aromatic heterocycles. The lowest BCUT2D eigenvalue weighted by Gasteiger charge is -2.06. The summed E-state index contributed by atoms with van der Waals surface area (Å²) in [7, 11) is 1.47. The molecule has 0 bridgehead atoms. The lowest BCUT2D eigenvalue weighted by molar-refractivity contribution is -0.115. The number of halogens is 2. The van der Waals surface area contributed by atoms with Gasteiger partial charge >= 0.3 is 0 Å². The summed E-state index contributed by atoms with van der Waals surface area (Å²) in [5.74, 6) is 0.100. The van der Waals surface area contributed by atoms with E-state index in [9.17, 15) is 9.90 Å². The van der Waals surface area contributed by atoms with Crippen molar-refractivity contribution in [2.75, 3.05) is 7.11 Å². The van der Waals surface area contributed by atoms with E-state index in [4.69, 9.17) is 16.3 Å². The number of carbonyl (C=O) groups is 1. The first-order valence-electron chi connectivity index (χ1n) is 7.50. The number of methoxy groups -OCH3 is 1. The number of aromatic hydroxyl groups is 1. The van der Waals surface area contributed by atoms with Crippen LogP contribution in [0.4, 0.5) is 5.69 Å². The van der Waals surface area contributed by atoms with Crippen molar-refractivity contribution >= 4 is 62.1 Å². The van der Waals surface area contributed by atoms with Crippen molar-refractivity contribution in [2.45, 2.75) is 6.92 Å². The molecule has 1 aliphatic heterocycles. The van der Waals surface area contributed by atoms with Crippen molar-refractivity contribution < 1.29 is 14.6 Å². The van der Waals surface area contributed by atoms with Crippen LogP contribution < -0.4 is 10.1 Å². The third-order valence-corrected chi connectivity index (χ3v) is 5.70. The fourth-order valence-corrected chi connectivity index (χ4v) is 3.72. The van der Waals surface area contributed by atoms with Crippen LogP contribution in [0.5, 0.6) is 11.5 Å². The highest BCUT2D eigenvalue weighted by Crippen LogP contribution is 2.36. The number of rotatable bonds is 3. The molecule has 0 aliphatic carbocycles. The SMILES string of the molecule is COc1cc(/C=C2/SC(=Nc3cccc(Cl)c3C)NC2=O)c(Br)cc1O. The lowest BCUT2D eigenvalue weighted by atomic mass is 10.2. The first kappa shape index (κ1) is 18.8. The van der Waals surface area contributed by atoms with Crippen LogP contribution in [0.1, 0.15) is 11.1 Å². The van der Waals surface area contributed by atoms with E-state index in [0.717, 1.165) is 5.56 Å². The van der Waals surface area contributed by atoms with Gasteiger partial charge in [-0.25, -0.2) is 4.99 Å². The number of thioether (sulfide) groups is 1. The molecule has 2 aromatic rings. The Morgan fingerprint density at radius 1 is 1.38 bits per heavy atom. The standard InChI is InChI=1S/C18H14BrClN2O3S/c1-9-12(20)4-3-5-13(9)21-18-22-17(24)16(26-18)7-10-6-15(25-2)14(23)8-11(10)19/h3-8,23H,1-2H3,(H,21,22,24)/b16-7+. The Morgan fingerprint density at radius 2 is 2.15 bits per heavy atom. The topological polar surface area (TPSA) is 70.9 Å². The average Bonchev–Trinajstić information content (AvgIpc) is 2.93. The Labute approximate surface area is 168 Å².